The van der Waals surface area contributed by atoms with Gasteiger partial charge in [-0.25, -0.2) is 0 Å². The standard InChI is InChI=1S/C12H24N2O2/c1-9(2)12(16)7-14(8-12)11(15)5-6-13-10(3)4/h9-10,13,16H,5-8H2,1-4H3. The van der Waals surface area contributed by atoms with Crippen LogP contribution < -0.4 is 5.32 Å². The Kier molecular flexibility index (Phi) is 4.33. The molecule has 0 aromatic heterocycles. The molecule has 0 unspecified atom stereocenters. The van der Waals surface area contributed by atoms with Crippen molar-refractivity contribution in [3.05, 3.63) is 0 Å². The summed E-state index contributed by atoms with van der Waals surface area (Å²) in [6.45, 7) is 9.80. The second kappa shape index (κ2) is 5.15. The molecule has 1 aliphatic rings. The van der Waals surface area contributed by atoms with Gasteiger partial charge in [0.2, 0.25) is 5.91 Å². The van der Waals surface area contributed by atoms with Gasteiger partial charge < -0.3 is 15.3 Å². The van der Waals surface area contributed by atoms with Crippen molar-refractivity contribution in [2.75, 3.05) is 19.6 Å². The Morgan fingerprint density at radius 2 is 1.94 bits per heavy atom. The number of carbonyl (C=O) groups is 1. The SMILES string of the molecule is CC(C)NCCC(=O)N1CC(O)(C(C)C)C1. The van der Waals surface area contributed by atoms with Gasteiger partial charge in [0.25, 0.3) is 0 Å². The average Bonchev–Trinajstić information content (AvgIpc) is 2.11. The van der Waals surface area contributed by atoms with Crippen molar-refractivity contribution in [3.63, 3.8) is 0 Å². The van der Waals surface area contributed by atoms with Crippen LogP contribution in [0.2, 0.25) is 0 Å². The number of hydrogen-bond acceptors (Lipinski definition) is 3. The predicted molar refractivity (Wildman–Crippen MR) is 64.1 cm³/mol. The van der Waals surface area contributed by atoms with E-state index in [1.54, 1.807) is 4.90 Å². The second-order valence-electron chi connectivity index (χ2n) is 5.37. The third-order valence-corrected chi connectivity index (χ3v) is 3.25. The fourth-order valence-corrected chi connectivity index (χ4v) is 1.78. The molecule has 0 aliphatic carbocycles. The fraction of sp³-hybridized carbons (Fsp3) is 0.917. The third kappa shape index (κ3) is 3.19. The zero-order valence-electron chi connectivity index (χ0n) is 10.8. The van der Waals surface area contributed by atoms with Crippen molar-refractivity contribution < 1.29 is 9.90 Å². The first-order valence-electron chi connectivity index (χ1n) is 6.08. The molecule has 1 saturated heterocycles. The molecule has 0 spiro atoms. The first kappa shape index (κ1) is 13.5. The van der Waals surface area contributed by atoms with Crippen LogP contribution in [0.1, 0.15) is 34.1 Å². The quantitative estimate of drug-likeness (QED) is 0.724. The summed E-state index contributed by atoms with van der Waals surface area (Å²) < 4.78 is 0. The molecule has 1 heterocycles. The summed E-state index contributed by atoms with van der Waals surface area (Å²) in [5.41, 5.74) is -0.652. The third-order valence-electron chi connectivity index (χ3n) is 3.25. The minimum Gasteiger partial charge on any atom is -0.386 e. The number of nitrogens with one attached hydrogen (secondary N) is 1. The van der Waals surface area contributed by atoms with E-state index in [0.29, 0.717) is 32.1 Å². The summed E-state index contributed by atoms with van der Waals surface area (Å²) in [5, 5.41) is 13.2. The number of β-amino-alcohol motifs (C(OH)–C–C–N with tert-alkyl or cyclic N) is 1. The lowest BCUT2D eigenvalue weighted by Crippen LogP contribution is -2.66. The monoisotopic (exact) mass is 228 g/mol. The van der Waals surface area contributed by atoms with E-state index in [1.807, 2.05) is 13.8 Å². The topological polar surface area (TPSA) is 52.6 Å². The van der Waals surface area contributed by atoms with Crippen LogP contribution in [0, 0.1) is 5.92 Å². The maximum absolute atomic E-state index is 11.7. The van der Waals surface area contributed by atoms with Crippen molar-refractivity contribution in [1.82, 2.24) is 10.2 Å². The molecule has 94 valence electrons. The van der Waals surface area contributed by atoms with Crippen LogP contribution in [0.3, 0.4) is 0 Å². The Morgan fingerprint density at radius 3 is 2.38 bits per heavy atom. The predicted octanol–water partition coefficient (Wildman–Crippen LogP) is 0.604. The lowest BCUT2D eigenvalue weighted by Gasteiger charge is -2.49. The van der Waals surface area contributed by atoms with Crippen molar-refractivity contribution >= 4 is 5.91 Å². The van der Waals surface area contributed by atoms with Crippen LogP contribution >= 0.6 is 0 Å². The highest BCUT2D eigenvalue weighted by atomic mass is 16.3. The van der Waals surface area contributed by atoms with Crippen LogP contribution in [-0.4, -0.2) is 47.2 Å². The van der Waals surface area contributed by atoms with Crippen molar-refractivity contribution in [2.45, 2.75) is 45.8 Å². The Balaban J connectivity index is 2.22. The van der Waals surface area contributed by atoms with Gasteiger partial charge in [-0.05, 0) is 5.92 Å². The van der Waals surface area contributed by atoms with E-state index in [1.165, 1.54) is 0 Å². The summed E-state index contributed by atoms with van der Waals surface area (Å²) >= 11 is 0. The van der Waals surface area contributed by atoms with Gasteiger partial charge in [-0.3, -0.25) is 4.79 Å². The van der Waals surface area contributed by atoms with Gasteiger partial charge in [0.1, 0.15) is 5.60 Å². The first-order chi connectivity index (χ1) is 7.35. The Morgan fingerprint density at radius 1 is 1.38 bits per heavy atom. The molecule has 0 aromatic carbocycles. The number of rotatable bonds is 5. The number of nitrogens with zero attached hydrogens (tertiary/aromatic N) is 1. The van der Waals surface area contributed by atoms with Gasteiger partial charge in [0, 0.05) is 19.0 Å². The van der Waals surface area contributed by atoms with Crippen LogP contribution in [-0.2, 0) is 4.79 Å². The summed E-state index contributed by atoms with van der Waals surface area (Å²) in [6, 6.07) is 0.414. The smallest absolute Gasteiger partial charge is 0.224 e. The molecule has 0 radical (unpaired) electrons. The molecule has 16 heavy (non-hydrogen) atoms. The maximum Gasteiger partial charge on any atom is 0.224 e. The minimum absolute atomic E-state index is 0.137. The van der Waals surface area contributed by atoms with E-state index >= 15 is 0 Å². The second-order valence-corrected chi connectivity index (χ2v) is 5.37. The van der Waals surface area contributed by atoms with Crippen LogP contribution in [0.4, 0.5) is 0 Å². The van der Waals surface area contributed by atoms with E-state index in [9.17, 15) is 9.90 Å². The Labute approximate surface area is 98.0 Å². The molecule has 0 bridgehead atoms. The number of likely N-dealkylation sites (tertiary alicyclic amines) is 1. The van der Waals surface area contributed by atoms with Gasteiger partial charge >= 0.3 is 0 Å². The van der Waals surface area contributed by atoms with E-state index in [2.05, 4.69) is 19.2 Å². The molecule has 1 aliphatic heterocycles. The maximum atomic E-state index is 11.7. The number of carbonyl (C=O) groups excluding carboxylic acids is 1. The minimum atomic E-state index is -0.652. The molecule has 1 rings (SSSR count). The molecule has 1 amide bonds. The van der Waals surface area contributed by atoms with Crippen LogP contribution in [0.25, 0.3) is 0 Å². The first-order valence-corrected chi connectivity index (χ1v) is 6.08. The number of amides is 1. The lowest BCUT2D eigenvalue weighted by molar-refractivity contribution is -0.163. The zero-order valence-corrected chi connectivity index (χ0v) is 10.8. The summed E-state index contributed by atoms with van der Waals surface area (Å²) in [6.07, 6.45) is 0.520. The van der Waals surface area contributed by atoms with Gasteiger partial charge in [-0.15, -0.1) is 0 Å². The molecule has 2 N–H and O–H groups in total. The molecule has 4 nitrogen and oxygen atoms in total. The van der Waals surface area contributed by atoms with E-state index in [0.717, 1.165) is 0 Å². The van der Waals surface area contributed by atoms with Crippen LogP contribution in [0.15, 0.2) is 0 Å². The van der Waals surface area contributed by atoms with Crippen molar-refractivity contribution in [3.8, 4) is 0 Å². The molecular formula is C12H24N2O2. The van der Waals surface area contributed by atoms with Gasteiger partial charge in [0.15, 0.2) is 0 Å². The highest BCUT2D eigenvalue weighted by Gasteiger charge is 2.45. The van der Waals surface area contributed by atoms with Crippen molar-refractivity contribution in [1.29, 1.82) is 0 Å². The molecule has 1 fully saturated rings. The Bertz CT molecular complexity index is 245. The van der Waals surface area contributed by atoms with E-state index in [-0.39, 0.29) is 11.8 Å². The molecule has 0 saturated carbocycles. The summed E-state index contributed by atoms with van der Waals surface area (Å²) in [7, 11) is 0. The Hall–Kier alpha value is -0.610. The molecular weight excluding hydrogens is 204 g/mol. The molecule has 0 atom stereocenters. The van der Waals surface area contributed by atoms with E-state index < -0.39 is 5.60 Å². The van der Waals surface area contributed by atoms with E-state index in [4.69, 9.17) is 0 Å². The van der Waals surface area contributed by atoms with Gasteiger partial charge in [0.05, 0.1) is 13.1 Å². The normalized spacial score (nSPS) is 19.1. The van der Waals surface area contributed by atoms with Gasteiger partial charge in [-0.1, -0.05) is 27.7 Å². The number of hydrogen-bond donors (Lipinski definition) is 2. The summed E-state index contributed by atoms with van der Waals surface area (Å²) in [4.78, 5) is 13.4. The lowest BCUT2D eigenvalue weighted by atomic mass is 9.83. The zero-order chi connectivity index (χ0) is 12.3. The molecule has 4 heteroatoms. The molecule has 0 aromatic rings. The van der Waals surface area contributed by atoms with Crippen molar-refractivity contribution in [2.24, 2.45) is 5.92 Å². The highest BCUT2D eigenvalue weighted by Crippen LogP contribution is 2.28. The van der Waals surface area contributed by atoms with Crippen LogP contribution in [0.5, 0.6) is 0 Å². The largest absolute Gasteiger partial charge is 0.386 e. The van der Waals surface area contributed by atoms with Gasteiger partial charge in [-0.2, -0.15) is 0 Å². The number of aliphatic hydroxyl groups is 1. The average molecular weight is 228 g/mol. The summed E-state index contributed by atoms with van der Waals surface area (Å²) in [5.74, 6) is 0.351. The highest BCUT2D eigenvalue weighted by molar-refractivity contribution is 5.77. The fourth-order valence-electron chi connectivity index (χ4n) is 1.78.